The zero-order valence-corrected chi connectivity index (χ0v) is 12.6. The number of rotatable bonds is 3. The molecule has 1 unspecified atom stereocenters. The first-order valence-corrected chi connectivity index (χ1v) is 6.40. The minimum Gasteiger partial charge on any atom is -0.444 e. The van der Waals surface area contributed by atoms with Gasteiger partial charge < -0.3 is 9.53 Å². The number of benzene rings is 1. The SMILES string of the molecule is CN(C(=O)OC(C)(C)C)C(C=O)c1cccc(F)c1Cl. The van der Waals surface area contributed by atoms with Crippen molar-refractivity contribution in [3.63, 3.8) is 0 Å². The Morgan fingerprint density at radius 1 is 1.45 bits per heavy atom. The predicted octanol–water partition coefficient (Wildman–Crippen LogP) is 3.59. The molecule has 20 heavy (non-hydrogen) atoms. The largest absolute Gasteiger partial charge is 0.444 e. The van der Waals surface area contributed by atoms with Gasteiger partial charge in [0.2, 0.25) is 0 Å². The van der Waals surface area contributed by atoms with Crippen molar-refractivity contribution in [1.29, 1.82) is 0 Å². The number of hydrogen-bond donors (Lipinski definition) is 0. The highest BCUT2D eigenvalue weighted by molar-refractivity contribution is 6.31. The normalized spacial score (nSPS) is 12.7. The van der Waals surface area contributed by atoms with E-state index in [9.17, 15) is 14.0 Å². The van der Waals surface area contributed by atoms with Crippen molar-refractivity contribution >= 4 is 24.0 Å². The van der Waals surface area contributed by atoms with Gasteiger partial charge in [0, 0.05) is 12.6 Å². The number of aldehydes is 1. The van der Waals surface area contributed by atoms with E-state index in [0.29, 0.717) is 6.29 Å². The van der Waals surface area contributed by atoms with Gasteiger partial charge in [-0.25, -0.2) is 9.18 Å². The zero-order valence-electron chi connectivity index (χ0n) is 11.8. The number of ether oxygens (including phenoxy) is 1. The molecule has 1 aromatic carbocycles. The number of hydrogen-bond acceptors (Lipinski definition) is 3. The van der Waals surface area contributed by atoms with E-state index in [2.05, 4.69) is 0 Å². The first kappa shape index (κ1) is 16.4. The number of carbonyl (C=O) groups excluding carboxylic acids is 2. The fraction of sp³-hybridized carbons (Fsp3) is 0.429. The highest BCUT2D eigenvalue weighted by Gasteiger charge is 2.28. The third-order valence-electron chi connectivity index (χ3n) is 2.53. The second-order valence-corrected chi connectivity index (χ2v) is 5.69. The third-order valence-corrected chi connectivity index (χ3v) is 2.93. The monoisotopic (exact) mass is 301 g/mol. The van der Waals surface area contributed by atoms with E-state index in [-0.39, 0.29) is 10.6 Å². The summed E-state index contributed by atoms with van der Waals surface area (Å²) in [7, 11) is 1.40. The summed E-state index contributed by atoms with van der Waals surface area (Å²) >= 11 is 5.84. The van der Waals surface area contributed by atoms with Crippen LogP contribution in [0.15, 0.2) is 18.2 Å². The minimum atomic E-state index is -1.01. The van der Waals surface area contributed by atoms with Crippen molar-refractivity contribution in [3.05, 3.63) is 34.6 Å². The standard InChI is InChI=1S/C14H17ClFNO3/c1-14(2,3)20-13(19)17(4)11(8-18)9-6-5-7-10(16)12(9)15/h5-8,11H,1-4H3. The summed E-state index contributed by atoms with van der Waals surface area (Å²) in [5, 5.41) is -0.181. The molecule has 0 spiro atoms. The van der Waals surface area contributed by atoms with Crippen LogP contribution in [0.5, 0.6) is 0 Å². The summed E-state index contributed by atoms with van der Waals surface area (Å²) in [6.07, 6.45) is -0.167. The van der Waals surface area contributed by atoms with Gasteiger partial charge in [-0.3, -0.25) is 4.90 Å². The molecule has 110 valence electrons. The Hall–Kier alpha value is -1.62. The first-order valence-electron chi connectivity index (χ1n) is 6.02. The number of halogens is 2. The maximum atomic E-state index is 13.4. The minimum absolute atomic E-state index is 0.181. The lowest BCUT2D eigenvalue weighted by Crippen LogP contribution is -2.37. The molecule has 1 atom stereocenters. The van der Waals surface area contributed by atoms with Gasteiger partial charge in [-0.05, 0) is 26.8 Å². The van der Waals surface area contributed by atoms with Crippen LogP contribution in [0.1, 0.15) is 32.4 Å². The van der Waals surface area contributed by atoms with E-state index in [0.717, 1.165) is 4.90 Å². The lowest BCUT2D eigenvalue weighted by Gasteiger charge is -2.28. The van der Waals surface area contributed by atoms with Gasteiger partial charge in [0.05, 0.1) is 5.02 Å². The van der Waals surface area contributed by atoms with E-state index in [4.69, 9.17) is 16.3 Å². The van der Waals surface area contributed by atoms with Gasteiger partial charge in [-0.2, -0.15) is 0 Å². The molecule has 0 saturated carbocycles. The molecule has 0 aliphatic rings. The Kier molecular flexibility index (Phi) is 5.11. The average molecular weight is 302 g/mol. The Bertz CT molecular complexity index is 514. The number of amides is 1. The Morgan fingerprint density at radius 3 is 2.55 bits per heavy atom. The molecule has 0 heterocycles. The van der Waals surface area contributed by atoms with Crippen LogP contribution in [0.2, 0.25) is 5.02 Å². The van der Waals surface area contributed by atoms with Crippen molar-refractivity contribution in [1.82, 2.24) is 4.90 Å². The number of carbonyl (C=O) groups is 2. The highest BCUT2D eigenvalue weighted by atomic mass is 35.5. The van der Waals surface area contributed by atoms with E-state index in [1.54, 1.807) is 20.8 Å². The first-order chi connectivity index (χ1) is 9.17. The Morgan fingerprint density at radius 2 is 2.05 bits per heavy atom. The molecule has 0 saturated heterocycles. The molecule has 0 aliphatic heterocycles. The topological polar surface area (TPSA) is 46.6 Å². The zero-order chi connectivity index (χ0) is 15.5. The van der Waals surface area contributed by atoms with Crippen LogP contribution in [0.25, 0.3) is 0 Å². The predicted molar refractivity (Wildman–Crippen MR) is 74.2 cm³/mol. The molecule has 1 rings (SSSR count). The van der Waals surface area contributed by atoms with Crippen LogP contribution in [-0.2, 0) is 9.53 Å². The summed E-state index contributed by atoms with van der Waals surface area (Å²) in [5.74, 6) is -0.645. The van der Waals surface area contributed by atoms with Gasteiger partial charge >= 0.3 is 6.09 Å². The summed E-state index contributed by atoms with van der Waals surface area (Å²) in [6, 6.07) is 3.09. The van der Waals surface area contributed by atoms with Crippen molar-refractivity contribution in [2.75, 3.05) is 7.05 Å². The molecule has 0 N–H and O–H groups in total. The van der Waals surface area contributed by atoms with Crippen molar-refractivity contribution in [3.8, 4) is 0 Å². The van der Waals surface area contributed by atoms with E-state index < -0.39 is 23.6 Å². The third kappa shape index (κ3) is 3.93. The van der Waals surface area contributed by atoms with Gasteiger partial charge in [0.15, 0.2) is 0 Å². The number of nitrogens with zero attached hydrogens (tertiary/aromatic N) is 1. The lowest BCUT2D eigenvalue weighted by atomic mass is 10.1. The Balaban J connectivity index is 3.04. The molecule has 1 amide bonds. The average Bonchev–Trinajstić information content (AvgIpc) is 2.33. The molecule has 0 bridgehead atoms. The summed E-state index contributed by atoms with van der Waals surface area (Å²) in [6.45, 7) is 5.14. The van der Waals surface area contributed by atoms with Crippen LogP contribution in [-0.4, -0.2) is 29.9 Å². The molecule has 4 nitrogen and oxygen atoms in total. The van der Waals surface area contributed by atoms with Crippen LogP contribution in [0, 0.1) is 5.82 Å². The molecular formula is C14H17ClFNO3. The summed E-state index contributed by atoms with van der Waals surface area (Å²) in [4.78, 5) is 24.3. The molecule has 1 aromatic rings. The quantitative estimate of drug-likeness (QED) is 0.802. The van der Waals surface area contributed by atoms with Crippen molar-refractivity contribution in [2.24, 2.45) is 0 Å². The number of likely N-dealkylation sites (N-methyl/N-ethyl adjacent to an activating group) is 1. The van der Waals surface area contributed by atoms with Crippen LogP contribution >= 0.6 is 11.6 Å². The molecule has 0 fully saturated rings. The van der Waals surface area contributed by atoms with E-state index >= 15 is 0 Å². The van der Waals surface area contributed by atoms with Gasteiger partial charge in [0.1, 0.15) is 23.7 Å². The van der Waals surface area contributed by atoms with Gasteiger partial charge in [0.25, 0.3) is 0 Å². The molecule has 0 aliphatic carbocycles. The summed E-state index contributed by atoms with van der Waals surface area (Å²) in [5.41, 5.74) is -0.472. The molecule has 6 heteroatoms. The van der Waals surface area contributed by atoms with Crippen LogP contribution in [0.3, 0.4) is 0 Å². The van der Waals surface area contributed by atoms with Crippen LogP contribution in [0.4, 0.5) is 9.18 Å². The maximum absolute atomic E-state index is 13.4. The van der Waals surface area contributed by atoms with Crippen molar-refractivity contribution < 1.29 is 18.7 Å². The second kappa shape index (κ2) is 6.22. The summed E-state index contributed by atoms with van der Waals surface area (Å²) < 4.78 is 18.6. The van der Waals surface area contributed by atoms with E-state index in [1.807, 2.05) is 0 Å². The smallest absolute Gasteiger partial charge is 0.410 e. The van der Waals surface area contributed by atoms with Gasteiger partial charge in [-0.15, -0.1) is 0 Å². The maximum Gasteiger partial charge on any atom is 0.410 e. The van der Waals surface area contributed by atoms with E-state index in [1.165, 1.54) is 25.2 Å². The fourth-order valence-corrected chi connectivity index (χ4v) is 1.81. The highest BCUT2D eigenvalue weighted by Crippen LogP contribution is 2.28. The fourth-order valence-electron chi connectivity index (χ4n) is 1.57. The molecule has 0 aromatic heterocycles. The Labute approximate surface area is 122 Å². The van der Waals surface area contributed by atoms with Crippen molar-refractivity contribution in [2.45, 2.75) is 32.4 Å². The second-order valence-electron chi connectivity index (χ2n) is 5.32. The van der Waals surface area contributed by atoms with Crippen LogP contribution < -0.4 is 0 Å². The molecule has 0 radical (unpaired) electrons. The molecular weight excluding hydrogens is 285 g/mol. The van der Waals surface area contributed by atoms with Gasteiger partial charge in [-0.1, -0.05) is 23.7 Å². The lowest BCUT2D eigenvalue weighted by molar-refractivity contribution is -0.112.